The molecule has 0 rings (SSSR count). The monoisotopic (exact) mass is 209 g/mol. The van der Waals surface area contributed by atoms with Gasteiger partial charge in [0.25, 0.3) is 0 Å². The first-order valence-corrected chi connectivity index (χ1v) is 6.42. The third kappa shape index (κ3) is 6.97. The molecule has 0 bridgehead atoms. The van der Waals surface area contributed by atoms with Gasteiger partial charge in [0, 0.05) is 19.8 Å². The van der Waals surface area contributed by atoms with Crippen LogP contribution in [-0.4, -0.2) is 29.1 Å². The Morgan fingerprint density at radius 1 is 1.45 bits per heavy atom. The lowest BCUT2D eigenvalue weighted by molar-refractivity contribution is 0.648. The Balaban J connectivity index is 3.18. The lowest BCUT2D eigenvalue weighted by Crippen LogP contribution is -2.14. The second kappa shape index (κ2) is 7.25. The number of rotatable bonds is 4. The summed E-state index contributed by atoms with van der Waals surface area (Å²) in [6.45, 7) is 2.20. The molecular formula is C7H15NS3. The van der Waals surface area contributed by atoms with Crippen LogP contribution in [0.2, 0.25) is 0 Å². The molecule has 0 aliphatic carbocycles. The molecule has 0 fully saturated rings. The molecule has 0 atom stereocenters. The number of hydrogen-bond acceptors (Lipinski definition) is 3. The van der Waals surface area contributed by atoms with Crippen LogP contribution in [0.3, 0.4) is 0 Å². The average molecular weight is 209 g/mol. The molecule has 0 heterocycles. The van der Waals surface area contributed by atoms with E-state index in [2.05, 4.69) is 6.92 Å². The van der Waals surface area contributed by atoms with E-state index in [1.807, 2.05) is 29.8 Å². The normalized spacial score (nSPS) is 9.73. The average Bonchev–Trinajstić information content (AvgIpc) is 1.97. The summed E-state index contributed by atoms with van der Waals surface area (Å²) >= 11 is 5.10. The molecule has 0 amide bonds. The molecule has 0 aromatic rings. The van der Waals surface area contributed by atoms with Gasteiger partial charge >= 0.3 is 0 Å². The van der Waals surface area contributed by atoms with E-state index in [0.29, 0.717) is 0 Å². The lowest BCUT2D eigenvalue weighted by atomic mass is 10.4. The van der Waals surface area contributed by atoms with Crippen molar-refractivity contribution in [3.63, 3.8) is 0 Å². The van der Waals surface area contributed by atoms with E-state index in [9.17, 15) is 0 Å². The zero-order valence-corrected chi connectivity index (χ0v) is 9.74. The van der Waals surface area contributed by atoms with Gasteiger partial charge in [-0.3, -0.25) is 0 Å². The largest absolute Gasteiger partial charge is 0.363 e. The van der Waals surface area contributed by atoms with Crippen LogP contribution in [0.4, 0.5) is 0 Å². The molecule has 11 heavy (non-hydrogen) atoms. The second-order valence-corrected chi connectivity index (χ2v) is 5.47. The van der Waals surface area contributed by atoms with Crippen molar-refractivity contribution < 1.29 is 0 Å². The third-order valence-electron chi connectivity index (χ3n) is 1.08. The van der Waals surface area contributed by atoms with E-state index in [1.165, 1.54) is 18.6 Å². The lowest BCUT2D eigenvalue weighted by Gasteiger charge is -2.11. The van der Waals surface area contributed by atoms with E-state index in [0.717, 1.165) is 4.32 Å². The van der Waals surface area contributed by atoms with Crippen molar-refractivity contribution in [1.29, 1.82) is 0 Å². The van der Waals surface area contributed by atoms with Crippen LogP contribution in [-0.2, 0) is 0 Å². The van der Waals surface area contributed by atoms with E-state index < -0.39 is 0 Å². The molecule has 0 radical (unpaired) electrons. The predicted molar refractivity (Wildman–Crippen MR) is 61.2 cm³/mol. The molecule has 0 aliphatic rings. The molecule has 0 saturated heterocycles. The highest BCUT2D eigenvalue weighted by atomic mass is 33.1. The summed E-state index contributed by atoms with van der Waals surface area (Å²) in [5.41, 5.74) is 0. The highest BCUT2D eigenvalue weighted by Gasteiger charge is 1.98. The quantitative estimate of drug-likeness (QED) is 0.397. The zero-order chi connectivity index (χ0) is 8.69. The van der Waals surface area contributed by atoms with Crippen LogP contribution < -0.4 is 0 Å². The predicted octanol–water partition coefficient (Wildman–Crippen LogP) is 3.01. The Morgan fingerprint density at radius 2 is 2.09 bits per heavy atom. The number of nitrogens with zero attached hydrogens (tertiary/aromatic N) is 1. The fraction of sp³-hybridized carbons (Fsp3) is 0.857. The van der Waals surface area contributed by atoms with Crippen molar-refractivity contribution in [1.82, 2.24) is 4.90 Å². The summed E-state index contributed by atoms with van der Waals surface area (Å²) in [6.07, 6.45) is 2.55. The molecule has 1 nitrogen and oxygen atoms in total. The Kier molecular flexibility index (Phi) is 7.64. The van der Waals surface area contributed by atoms with Crippen LogP contribution in [0.25, 0.3) is 0 Å². The molecule has 0 spiro atoms. The van der Waals surface area contributed by atoms with E-state index in [-0.39, 0.29) is 0 Å². The van der Waals surface area contributed by atoms with Gasteiger partial charge in [-0.2, -0.15) is 0 Å². The summed E-state index contributed by atoms with van der Waals surface area (Å²) in [7, 11) is 7.51. The smallest absolute Gasteiger partial charge is 0.146 e. The van der Waals surface area contributed by atoms with Gasteiger partial charge in [0.2, 0.25) is 0 Å². The van der Waals surface area contributed by atoms with Gasteiger partial charge in [0.1, 0.15) is 4.32 Å². The summed E-state index contributed by atoms with van der Waals surface area (Å²) in [5, 5.41) is 0. The third-order valence-corrected chi connectivity index (χ3v) is 4.42. The fourth-order valence-corrected chi connectivity index (χ4v) is 2.90. The molecule has 4 heteroatoms. The summed E-state index contributed by atoms with van der Waals surface area (Å²) in [5.74, 6) is 1.20. The van der Waals surface area contributed by atoms with Crippen LogP contribution in [0.5, 0.6) is 0 Å². The van der Waals surface area contributed by atoms with Gasteiger partial charge in [0.05, 0.1) is 0 Å². The summed E-state index contributed by atoms with van der Waals surface area (Å²) < 4.78 is 0.964. The van der Waals surface area contributed by atoms with Gasteiger partial charge in [-0.05, 0) is 17.2 Å². The van der Waals surface area contributed by atoms with Gasteiger partial charge in [-0.1, -0.05) is 36.4 Å². The zero-order valence-electron chi connectivity index (χ0n) is 7.29. The maximum Gasteiger partial charge on any atom is 0.146 e. The fourth-order valence-electron chi connectivity index (χ4n) is 0.370. The summed E-state index contributed by atoms with van der Waals surface area (Å²) in [6, 6.07) is 0. The molecule has 0 aromatic carbocycles. The maximum absolute atomic E-state index is 5.10. The van der Waals surface area contributed by atoms with E-state index in [1.54, 1.807) is 10.8 Å². The van der Waals surface area contributed by atoms with E-state index in [4.69, 9.17) is 12.2 Å². The number of thiocarbonyl (C=S) groups is 1. The first-order chi connectivity index (χ1) is 5.18. The SMILES string of the molecule is CCCCSSC(=S)N(C)C. The van der Waals surface area contributed by atoms with Crippen LogP contribution in [0.15, 0.2) is 0 Å². The summed E-state index contributed by atoms with van der Waals surface area (Å²) in [4.78, 5) is 1.97. The highest BCUT2D eigenvalue weighted by Crippen LogP contribution is 2.24. The molecule has 0 saturated carbocycles. The van der Waals surface area contributed by atoms with Crippen molar-refractivity contribution in [3.05, 3.63) is 0 Å². The molecule has 0 unspecified atom stereocenters. The van der Waals surface area contributed by atoms with Gasteiger partial charge in [-0.15, -0.1) is 0 Å². The highest BCUT2D eigenvalue weighted by molar-refractivity contribution is 8.83. The van der Waals surface area contributed by atoms with Crippen LogP contribution >= 0.6 is 33.8 Å². The molecule has 0 aliphatic heterocycles. The van der Waals surface area contributed by atoms with Crippen LogP contribution in [0, 0.1) is 0 Å². The van der Waals surface area contributed by atoms with Gasteiger partial charge < -0.3 is 4.90 Å². The standard InChI is InChI=1S/C7H15NS3/c1-4-5-6-10-11-7(9)8(2)3/h4-6H2,1-3H3. The van der Waals surface area contributed by atoms with Crippen LogP contribution in [0.1, 0.15) is 19.8 Å². The van der Waals surface area contributed by atoms with Gasteiger partial charge in [-0.25, -0.2) is 0 Å². The Morgan fingerprint density at radius 3 is 2.55 bits per heavy atom. The van der Waals surface area contributed by atoms with Crippen molar-refractivity contribution in [3.8, 4) is 0 Å². The number of unbranched alkanes of at least 4 members (excludes halogenated alkanes) is 1. The van der Waals surface area contributed by atoms with Crippen molar-refractivity contribution >= 4 is 38.1 Å². The minimum Gasteiger partial charge on any atom is -0.363 e. The molecule has 0 N–H and O–H groups in total. The first kappa shape index (κ1) is 11.6. The Labute approximate surface area is 82.7 Å². The second-order valence-electron chi connectivity index (χ2n) is 2.42. The molecule has 0 aromatic heterocycles. The number of hydrogen-bond donors (Lipinski definition) is 0. The molecule has 66 valence electrons. The topological polar surface area (TPSA) is 3.24 Å². The maximum atomic E-state index is 5.10. The molecular weight excluding hydrogens is 194 g/mol. The minimum atomic E-state index is 0.964. The van der Waals surface area contributed by atoms with Crippen molar-refractivity contribution in [2.75, 3.05) is 19.8 Å². The Bertz CT molecular complexity index is 114. The van der Waals surface area contributed by atoms with Crippen molar-refractivity contribution in [2.24, 2.45) is 0 Å². The first-order valence-electron chi connectivity index (χ1n) is 3.69. The van der Waals surface area contributed by atoms with E-state index >= 15 is 0 Å². The minimum absolute atomic E-state index is 0.964. The van der Waals surface area contributed by atoms with Crippen molar-refractivity contribution in [2.45, 2.75) is 19.8 Å². The Hall–Kier alpha value is 0.590. The van der Waals surface area contributed by atoms with Gasteiger partial charge in [0.15, 0.2) is 0 Å².